The van der Waals surface area contributed by atoms with Gasteiger partial charge in [0.05, 0.1) is 6.04 Å². The van der Waals surface area contributed by atoms with Crippen LogP contribution in [0.4, 0.5) is 0 Å². The molecule has 0 bridgehead atoms. The van der Waals surface area contributed by atoms with E-state index in [0.29, 0.717) is 32.4 Å². The number of hydrazine groups is 1. The monoisotopic (exact) mass is 749 g/mol. The number of hydrogen-bond acceptors (Lipinski definition) is 12. The van der Waals surface area contributed by atoms with Crippen molar-refractivity contribution in [3.8, 4) is 0 Å². The van der Waals surface area contributed by atoms with Crippen molar-refractivity contribution in [2.24, 2.45) is 5.84 Å². The van der Waals surface area contributed by atoms with Crippen molar-refractivity contribution >= 4 is 48.9 Å². The molecule has 0 aromatic heterocycles. The van der Waals surface area contributed by atoms with Crippen molar-refractivity contribution < 1.29 is 54.2 Å². The van der Waals surface area contributed by atoms with Crippen LogP contribution in [-0.2, 0) is 19.1 Å². The minimum Gasteiger partial charge on any atom is -0.480 e. The molecule has 1 heterocycles. The molecule has 1 aromatic rings. The molecule has 2 rings (SSSR count). The number of carbonyl (C=O) groups excluding carboxylic acids is 3. The van der Waals surface area contributed by atoms with E-state index < -0.39 is 38.4 Å². The second-order valence-corrected chi connectivity index (χ2v) is 13.8. The Kier molecular flexibility index (Phi) is 23.2. The Morgan fingerprint density at radius 2 is 1.17 bits per heavy atom. The molecule has 16 nitrogen and oxygen atoms in total. The van der Waals surface area contributed by atoms with E-state index in [2.05, 4.69) is 21.4 Å². The molecule has 12 N–H and O–H groups in total. The first-order valence-corrected chi connectivity index (χ1v) is 19.2. The first kappa shape index (κ1) is 46.1. The summed E-state index contributed by atoms with van der Waals surface area (Å²) in [6.07, 6.45) is 14.8. The summed E-state index contributed by atoms with van der Waals surface area (Å²) in [5.41, 5.74) is 2.76. The van der Waals surface area contributed by atoms with E-state index in [0.717, 1.165) is 70.6 Å². The van der Waals surface area contributed by atoms with E-state index in [-0.39, 0.29) is 59.7 Å². The van der Waals surface area contributed by atoms with E-state index >= 15 is 0 Å². The Balaban J connectivity index is 1.39. The van der Waals surface area contributed by atoms with Gasteiger partial charge in [-0.25, -0.2) is 4.79 Å². The van der Waals surface area contributed by atoms with Crippen LogP contribution in [0.25, 0.3) is 0 Å². The van der Waals surface area contributed by atoms with Gasteiger partial charge >= 0.3 is 20.2 Å². The molecule has 3 amide bonds. The Hall–Kier alpha value is -3.09. The maximum absolute atomic E-state index is 12.4. The summed E-state index contributed by atoms with van der Waals surface area (Å²) in [6, 6.07) is 2.58. The fraction of sp³-hybridized carbons (Fsp3) is 0.714. The molecule has 1 aliphatic heterocycles. The quantitative estimate of drug-likeness (QED) is 0.0149. The summed E-state index contributed by atoms with van der Waals surface area (Å²) in [4.78, 5) is 48.5. The van der Waals surface area contributed by atoms with E-state index in [4.69, 9.17) is 10.6 Å². The maximum Gasteiger partial charge on any atom is 0.488 e. The van der Waals surface area contributed by atoms with Crippen LogP contribution < -0.4 is 38.1 Å². The van der Waals surface area contributed by atoms with Gasteiger partial charge in [0.15, 0.2) is 6.29 Å². The Bertz CT molecular complexity index is 1220. The number of benzene rings is 1. The second-order valence-electron chi connectivity index (χ2n) is 13.8. The molecule has 0 saturated carbocycles. The van der Waals surface area contributed by atoms with Gasteiger partial charge in [-0.05, 0) is 61.6 Å². The molecule has 1 saturated heterocycles. The summed E-state index contributed by atoms with van der Waals surface area (Å²) in [5.74, 6) is 3.30. The van der Waals surface area contributed by atoms with Crippen LogP contribution in [0.5, 0.6) is 0 Å². The Morgan fingerprint density at radius 1 is 0.679 bits per heavy atom. The molecule has 53 heavy (non-hydrogen) atoms. The van der Waals surface area contributed by atoms with Gasteiger partial charge in [0.25, 0.3) is 5.91 Å². The number of rotatable bonds is 31. The first-order valence-electron chi connectivity index (χ1n) is 19.2. The number of carboxylic acid groups (broad SMARTS) is 1. The lowest BCUT2D eigenvalue weighted by molar-refractivity contribution is -0.142. The van der Waals surface area contributed by atoms with Gasteiger partial charge in [-0.2, -0.15) is 0 Å². The number of carbonyl (C=O) groups is 4. The Morgan fingerprint density at radius 3 is 1.66 bits per heavy atom. The third-order valence-electron chi connectivity index (χ3n) is 9.37. The zero-order valence-corrected chi connectivity index (χ0v) is 30.8. The van der Waals surface area contributed by atoms with E-state index in [9.17, 15) is 49.5 Å². The fourth-order valence-electron chi connectivity index (χ4n) is 6.12. The highest BCUT2D eigenvalue weighted by Crippen LogP contribution is 2.25. The molecule has 1 fully saturated rings. The molecule has 0 radical (unpaired) electrons. The van der Waals surface area contributed by atoms with Gasteiger partial charge in [0.1, 0.15) is 12.1 Å². The molecule has 4 unspecified atom stereocenters. The number of aliphatic carboxylic acids is 1. The Labute approximate surface area is 313 Å². The minimum atomic E-state index is -1.83. The lowest BCUT2D eigenvalue weighted by Crippen LogP contribution is -2.41. The van der Waals surface area contributed by atoms with Crippen LogP contribution in [0.15, 0.2) is 18.2 Å². The molecule has 0 spiro atoms. The number of hydrogen-bond donors (Lipinski definition) is 11. The molecule has 18 heteroatoms. The van der Waals surface area contributed by atoms with Crippen LogP contribution in [-0.4, -0.2) is 106 Å². The van der Waals surface area contributed by atoms with Crippen molar-refractivity contribution in [1.82, 2.24) is 21.4 Å². The summed E-state index contributed by atoms with van der Waals surface area (Å²) >= 11 is 0. The third kappa shape index (κ3) is 20.2. The van der Waals surface area contributed by atoms with Gasteiger partial charge in [0.2, 0.25) is 11.8 Å². The number of nitrogens with one attached hydrogen (secondary N) is 4. The number of aliphatic hydroxyl groups is 1. The van der Waals surface area contributed by atoms with Crippen molar-refractivity contribution in [1.29, 1.82) is 0 Å². The van der Waals surface area contributed by atoms with E-state index in [1.807, 2.05) is 0 Å². The van der Waals surface area contributed by atoms with Crippen molar-refractivity contribution in [3.63, 3.8) is 0 Å². The van der Waals surface area contributed by atoms with Crippen molar-refractivity contribution in [3.05, 3.63) is 23.8 Å². The SMILES string of the molecule is NNC(CCCCNC(=O)CCC(NC(=O)CCCCCCCCCCCCCCCNC(=O)c1cc(B(O)O)cc(B(O)O)c1)C(=O)O)C1OC1O. The largest absolute Gasteiger partial charge is 0.488 e. The number of aliphatic hydroxyl groups excluding tert-OH is 1. The summed E-state index contributed by atoms with van der Waals surface area (Å²) < 4.78 is 5.00. The molecule has 4 atom stereocenters. The van der Waals surface area contributed by atoms with Gasteiger partial charge in [-0.3, -0.25) is 25.7 Å². The number of ether oxygens (including phenoxy) is 1. The van der Waals surface area contributed by atoms with Crippen LogP contribution in [0.2, 0.25) is 0 Å². The number of carboxylic acids is 1. The molecule has 0 aliphatic carbocycles. The highest BCUT2D eigenvalue weighted by Gasteiger charge is 2.43. The number of unbranched alkanes of at least 4 members (excludes halogenated alkanes) is 13. The predicted molar refractivity (Wildman–Crippen MR) is 201 cm³/mol. The molecule has 1 aromatic carbocycles. The normalized spacial score (nSPS) is 16.0. The highest BCUT2D eigenvalue weighted by atomic mass is 16.7. The maximum atomic E-state index is 12.4. The zero-order valence-electron chi connectivity index (χ0n) is 30.8. The molecular weight excluding hydrogens is 688 g/mol. The number of amides is 3. The summed E-state index contributed by atoms with van der Waals surface area (Å²) in [7, 11) is -3.66. The number of epoxide rings is 1. The van der Waals surface area contributed by atoms with Crippen molar-refractivity contribution in [2.45, 2.75) is 146 Å². The average Bonchev–Trinajstić information content (AvgIpc) is 3.86. The summed E-state index contributed by atoms with van der Waals surface area (Å²) in [5, 5.41) is 64.5. The van der Waals surface area contributed by atoms with E-state index in [1.54, 1.807) is 0 Å². The van der Waals surface area contributed by atoms with Gasteiger partial charge < -0.3 is 51.0 Å². The van der Waals surface area contributed by atoms with Gasteiger partial charge in [-0.15, -0.1) is 0 Å². The lowest BCUT2D eigenvalue weighted by Gasteiger charge is -2.15. The fourth-order valence-corrected chi connectivity index (χ4v) is 6.12. The van der Waals surface area contributed by atoms with E-state index in [1.165, 1.54) is 31.0 Å². The molecule has 298 valence electrons. The summed E-state index contributed by atoms with van der Waals surface area (Å²) in [6.45, 7) is 0.905. The highest BCUT2D eigenvalue weighted by molar-refractivity contribution is 6.62. The van der Waals surface area contributed by atoms with Gasteiger partial charge in [0, 0.05) is 31.5 Å². The second kappa shape index (κ2) is 26.6. The minimum absolute atomic E-state index is 0.00647. The third-order valence-corrected chi connectivity index (χ3v) is 9.37. The average molecular weight is 750 g/mol. The van der Waals surface area contributed by atoms with Crippen LogP contribution in [0, 0.1) is 0 Å². The molecular formula is C35H61B2N5O11. The number of nitrogens with two attached hydrogens (primary N) is 1. The predicted octanol–water partition coefficient (Wildman–Crippen LogP) is -0.577. The van der Waals surface area contributed by atoms with Gasteiger partial charge in [-0.1, -0.05) is 76.7 Å². The lowest BCUT2D eigenvalue weighted by atomic mass is 9.72. The van der Waals surface area contributed by atoms with Crippen LogP contribution >= 0.6 is 0 Å². The smallest absolute Gasteiger partial charge is 0.480 e. The van der Waals surface area contributed by atoms with Crippen molar-refractivity contribution in [2.75, 3.05) is 13.1 Å². The zero-order chi connectivity index (χ0) is 39.0. The first-order chi connectivity index (χ1) is 25.4. The topological polar surface area (TPSA) is 276 Å². The molecule has 1 aliphatic rings. The van der Waals surface area contributed by atoms with Crippen LogP contribution in [0.1, 0.15) is 132 Å². The van der Waals surface area contributed by atoms with Crippen LogP contribution in [0.3, 0.4) is 0 Å². The standard InChI is InChI=1S/C35H61B2N5O11/c38-42-28(32-35(48)53-32)16-13-15-20-39-30(43)19-18-29(34(46)47)41-31(44)17-12-10-8-6-4-2-1-3-5-7-9-11-14-21-40-33(45)25-22-26(36(49)50)24-27(23-25)37(51)52/h22-24,28-29,32,35,42,48-52H,1-21,38H2,(H,39,43)(H,40,45)(H,41,44)(H,46,47).